The van der Waals surface area contributed by atoms with Crippen LogP contribution in [-0.4, -0.2) is 127 Å². The van der Waals surface area contributed by atoms with Crippen LogP contribution in [0.1, 0.15) is 63.0 Å². The van der Waals surface area contributed by atoms with Crippen molar-refractivity contribution in [2.75, 3.05) is 119 Å². The fourth-order valence-electron chi connectivity index (χ4n) is 4.87. The highest BCUT2D eigenvalue weighted by Gasteiger charge is 2.14. The van der Waals surface area contributed by atoms with Crippen molar-refractivity contribution < 1.29 is 55.2 Å². The first-order chi connectivity index (χ1) is 26.0. The Labute approximate surface area is 319 Å². The van der Waals surface area contributed by atoms with Gasteiger partial charge in [0.25, 0.3) is 10.1 Å². The molecule has 0 radical (unpaired) electrons. The molecule has 304 valence electrons. The maximum Gasteiger partial charge on any atom is 0.297 e. The standard InChI is InChI=1S/C40H66O12S/c1-3-4-5-6-7-8-9-10-38-13-15-39(16-14-38)51-35-33-49-31-29-47-27-25-45-23-21-43-19-20-44-22-24-46-26-28-48-30-32-50-34-36-52-53(41,42)40-17-11-37(2)12-18-40/h11-18H,3-10,19-36H2,1-2H3. The topological polar surface area (TPSA) is 126 Å². The Bertz CT molecular complexity index is 1200. The molecule has 0 bridgehead atoms. The Balaban J connectivity index is 1.21. The molecule has 0 saturated heterocycles. The highest BCUT2D eigenvalue weighted by Crippen LogP contribution is 2.16. The quantitative estimate of drug-likeness (QED) is 0.0570. The summed E-state index contributed by atoms with van der Waals surface area (Å²) in [5, 5.41) is 0. The molecular weight excluding hydrogens is 704 g/mol. The van der Waals surface area contributed by atoms with Gasteiger partial charge in [-0.25, -0.2) is 0 Å². The maximum atomic E-state index is 12.1. The van der Waals surface area contributed by atoms with Gasteiger partial charge in [0.2, 0.25) is 0 Å². The van der Waals surface area contributed by atoms with Gasteiger partial charge in [-0.2, -0.15) is 8.42 Å². The van der Waals surface area contributed by atoms with E-state index in [-0.39, 0.29) is 18.1 Å². The predicted octanol–water partition coefficient (Wildman–Crippen LogP) is 6.21. The van der Waals surface area contributed by atoms with E-state index >= 15 is 0 Å². The van der Waals surface area contributed by atoms with Gasteiger partial charge in [-0.15, -0.1) is 0 Å². The SMILES string of the molecule is CCCCCCCCCc1ccc(OCCOCCOCCOCCOCCOCCOCCOCCOCCOS(=O)(=O)c2ccc(C)cc2)cc1. The summed E-state index contributed by atoms with van der Waals surface area (Å²) in [6, 6.07) is 14.9. The molecule has 0 atom stereocenters. The van der Waals surface area contributed by atoms with Crippen LogP contribution in [0.5, 0.6) is 5.75 Å². The minimum Gasteiger partial charge on any atom is -0.491 e. The molecule has 0 aliphatic rings. The Morgan fingerprint density at radius 3 is 1.25 bits per heavy atom. The second kappa shape index (κ2) is 33.2. The fourth-order valence-corrected chi connectivity index (χ4v) is 5.77. The summed E-state index contributed by atoms with van der Waals surface area (Å²) < 4.78 is 78.8. The van der Waals surface area contributed by atoms with E-state index in [1.165, 1.54) is 62.6 Å². The van der Waals surface area contributed by atoms with E-state index in [1.807, 2.05) is 19.1 Å². The van der Waals surface area contributed by atoms with Crippen LogP contribution in [0.2, 0.25) is 0 Å². The van der Waals surface area contributed by atoms with Gasteiger partial charge in [0.15, 0.2) is 0 Å². The first-order valence-corrected chi connectivity index (χ1v) is 20.7. The van der Waals surface area contributed by atoms with E-state index in [4.69, 9.17) is 46.8 Å². The molecule has 53 heavy (non-hydrogen) atoms. The van der Waals surface area contributed by atoms with Crippen LogP contribution in [0.15, 0.2) is 53.4 Å². The molecule has 0 aliphatic heterocycles. The van der Waals surface area contributed by atoms with Crippen LogP contribution in [0.4, 0.5) is 0 Å². The van der Waals surface area contributed by atoms with E-state index in [1.54, 1.807) is 12.1 Å². The molecule has 0 aliphatic carbocycles. The average molecular weight is 771 g/mol. The van der Waals surface area contributed by atoms with Crippen molar-refractivity contribution >= 4 is 10.1 Å². The number of hydrogen-bond donors (Lipinski definition) is 0. The molecule has 12 nitrogen and oxygen atoms in total. The number of hydrogen-bond acceptors (Lipinski definition) is 12. The first kappa shape index (κ1) is 47.0. The highest BCUT2D eigenvalue weighted by molar-refractivity contribution is 7.86. The molecule has 13 heteroatoms. The summed E-state index contributed by atoms with van der Waals surface area (Å²) in [7, 11) is -3.77. The molecule has 0 unspecified atom stereocenters. The molecule has 0 amide bonds. The molecule has 0 fully saturated rings. The van der Waals surface area contributed by atoms with E-state index in [9.17, 15) is 8.42 Å². The zero-order valence-electron chi connectivity index (χ0n) is 32.3. The van der Waals surface area contributed by atoms with Crippen molar-refractivity contribution in [1.82, 2.24) is 0 Å². The summed E-state index contributed by atoms with van der Waals surface area (Å²) in [4.78, 5) is 0.130. The molecule has 0 N–H and O–H groups in total. The van der Waals surface area contributed by atoms with E-state index in [0.29, 0.717) is 106 Å². The lowest BCUT2D eigenvalue weighted by Crippen LogP contribution is -2.15. The lowest BCUT2D eigenvalue weighted by Gasteiger charge is -2.09. The zero-order chi connectivity index (χ0) is 37.9. The summed E-state index contributed by atoms with van der Waals surface area (Å²) in [6.07, 6.45) is 10.5. The van der Waals surface area contributed by atoms with Crippen molar-refractivity contribution in [2.24, 2.45) is 0 Å². The van der Waals surface area contributed by atoms with E-state index in [2.05, 4.69) is 19.1 Å². The summed E-state index contributed by atoms with van der Waals surface area (Å²) in [5.74, 6) is 0.879. The fraction of sp³-hybridized carbons (Fsp3) is 0.700. The number of benzene rings is 2. The van der Waals surface area contributed by atoms with Crippen LogP contribution in [0.3, 0.4) is 0 Å². The van der Waals surface area contributed by atoms with Crippen molar-refractivity contribution in [3.63, 3.8) is 0 Å². The van der Waals surface area contributed by atoms with Gasteiger partial charge < -0.3 is 42.6 Å². The summed E-state index contributed by atoms with van der Waals surface area (Å²) in [5.41, 5.74) is 2.35. The van der Waals surface area contributed by atoms with Crippen LogP contribution >= 0.6 is 0 Å². The van der Waals surface area contributed by atoms with Gasteiger partial charge in [0.1, 0.15) is 12.4 Å². The van der Waals surface area contributed by atoms with Crippen molar-refractivity contribution in [2.45, 2.75) is 70.1 Å². The van der Waals surface area contributed by atoms with Crippen LogP contribution in [0, 0.1) is 6.92 Å². The minimum absolute atomic E-state index is 0.0573. The molecule has 0 heterocycles. The number of aryl methyl sites for hydroxylation is 2. The minimum atomic E-state index is -3.77. The van der Waals surface area contributed by atoms with Crippen LogP contribution < -0.4 is 4.74 Å². The van der Waals surface area contributed by atoms with Crippen molar-refractivity contribution in [3.05, 3.63) is 59.7 Å². The maximum absolute atomic E-state index is 12.1. The van der Waals surface area contributed by atoms with Gasteiger partial charge in [-0.1, -0.05) is 75.3 Å². The second-order valence-corrected chi connectivity index (χ2v) is 14.0. The smallest absolute Gasteiger partial charge is 0.297 e. The van der Waals surface area contributed by atoms with Crippen molar-refractivity contribution in [1.29, 1.82) is 0 Å². The average Bonchev–Trinajstić information content (AvgIpc) is 3.16. The van der Waals surface area contributed by atoms with Crippen LogP contribution in [0.25, 0.3) is 0 Å². The number of rotatable bonds is 38. The Morgan fingerprint density at radius 1 is 0.434 bits per heavy atom. The summed E-state index contributed by atoms with van der Waals surface area (Å²) >= 11 is 0. The number of ether oxygens (including phenoxy) is 9. The normalized spacial score (nSPS) is 11.7. The molecule has 2 aromatic carbocycles. The largest absolute Gasteiger partial charge is 0.491 e. The third kappa shape index (κ3) is 27.1. The molecule has 0 aromatic heterocycles. The molecule has 0 spiro atoms. The lowest BCUT2D eigenvalue weighted by atomic mass is 10.0. The van der Waals surface area contributed by atoms with Crippen molar-refractivity contribution in [3.8, 4) is 5.75 Å². The molecular formula is C40H66O12S. The second-order valence-electron chi connectivity index (χ2n) is 12.4. The monoisotopic (exact) mass is 770 g/mol. The van der Waals surface area contributed by atoms with Gasteiger partial charge in [-0.3, -0.25) is 4.18 Å². The Kier molecular flexibility index (Phi) is 29.4. The van der Waals surface area contributed by atoms with Gasteiger partial charge >= 0.3 is 0 Å². The van der Waals surface area contributed by atoms with Gasteiger partial charge in [-0.05, 0) is 49.6 Å². The van der Waals surface area contributed by atoms with E-state index < -0.39 is 10.1 Å². The summed E-state index contributed by atoms with van der Waals surface area (Å²) in [6.45, 7) is 11.8. The first-order valence-electron chi connectivity index (χ1n) is 19.3. The zero-order valence-corrected chi connectivity index (χ0v) is 33.1. The lowest BCUT2D eigenvalue weighted by molar-refractivity contribution is -0.0240. The highest BCUT2D eigenvalue weighted by atomic mass is 32.2. The van der Waals surface area contributed by atoms with Crippen LogP contribution in [-0.2, 0) is 58.6 Å². The van der Waals surface area contributed by atoms with Gasteiger partial charge in [0.05, 0.1) is 117 Å². The molecule has 2 aromatic rings. The molecule has 2 rings (SSSR count). The molecule has 0 saturated carbocycles. The van der Waals surface area contributed by atoms with Gasteiger partial charge in [0, 0.05) is 0 Å². The predicted molar refractivity (Wildman–Crippen MR) is 205 cm³/mol. The van der Waals surface area contributed by atoms with E-state index in [0.717, 1.165) is 17.7 Å². The number of unbranched alkanes of at least 4 members (excludes halogenated alkanes) is 6. The third-order valence-electron chi connectivity index (χ3n) is 7.87. The third-order valence-corrected chi connectivity index (χ3v) is 9.20. The Hall–Kier alpha value is -2.17. The Morgan fingerprint density at radius 2 is 0.811 bits per heavy atom.